The van der Waals surface area contributed by atoms with E-state index in [1.54, 1.807) is 0 Å². The van der Waals surface area contributed by atoms with Gasteiger partial charge in [0.25, 0.3) is 0 Å². The molecule has 0 radical (unpaired) electrons. The molecule has 0 bridgehead atoms. The van der Waals surface area contributed by atoms with E-state index in [9.17, 15) is 0 Å². The van der Waals surface area contributed by atoms with Crippen molar-refractivity contribution in [1.82, 2.24) is 0 Å². The molecule has 1 atom stereocenters. The van der Waals surface area contributed by atoms with Crippen LogP contribution in [0.1, 0.15) is 53.5 Å². The lowest BCUT2D eigenvalue weighted by molar-refractivity contribution is 0.834. The number of rotatable bonds is 2. The molecule has 96 valence electrons. The quantitative estimate of drug-likeness (QED) is 0.678. The predicted octanol–water partition coefficient (Wildman–Crippen LogP) is 5.28. The highest BCUT2D eigenvalue weighted by Crippen LogP contribution is 2.38. The van der Waals surface area contributed by atoms with Gasteiger partial charge in [0.2, 0.25) is 0 Å². The maximum absolute atomic E-state index is 2.34. The molecule has 2 aromatic carbocycles. The molecule has 0 heterocycles. The van der Waals surface area contributed by atoms with Crippen LogP contribution in [0.15, 0.2) is 48.5 Å². The highest BCUT2D eigenvalue weighted by atomic mass is 14.3. The molecule has 0 nitrogen and oxygen atoms in total. The summed E-state index contributed by atoms with van der Waals surface area (Å²) in [6.45, 7) is 6.74. The normalized spacial score (nSPS) is 16.9. The molecule has 0 saturated carbocycles. The van der Waals surface area contributed by atoms with Crippen molar-refractivity contribution in [3.63, 3.8) is 0 Å². The largest absolute Gasteiger partial charge is 0.0720 e. The van der Waals surface area contributed by atoms with Gasteiger partial charge in [-0.15, -0.1) is 0 Å². The number of aryl methyl sites for hydroxylation is 1. The van der Waals surface area contributed by atoms with Crippen molar-refractivity contribution in [2.75, 3.05) is 0 Å². The Balaban J connectivity index is 2.12. The van der Waals surface area contributed by atoms with E-state index in [0.717, 1.165) is 0 Å². The first-order chi connectivity index (χ1) is 9.16. The molecule has 0 N–H and O–H groups in total. The van der Waals surface area contributed by atoms with Crippen molar-refractivity contribution < 1.29 is 0 Å². The second kappa shape index (κ2) is 4.70. The Morgan fingerprint density at radius 1 is 0.947 bits per heavy atom. The number of hydrogen-bond acceptors (Lipinski definition) is 0. The molecule has 0 aromatic heterocycles. The lowest BCUT2D eigenvalue weighted by atomic mass is 9.85. The molecule has 0 fully saturated rings. The fraction of sp³-hybridized carbons (Fsp3) is 0.263. The van der Waals surface area contributed by atoms with Gasteiger partial charge in [-0.25, -0.2) is 0 Å². The van der Waals surface area contributed by atoms with Crippen LogP contribution >= 0.6 is 0 Å². The SMILES string of the molecule is Cc1ccc(C2C=Cc3ccccc32)c(C(C)C)c1. The van der Waals surface area contributed by atoms with Gasteiger partial charge in [-0.2, -0.15) is 0 Å². The van der Waals surface area contributed by atoms with Crippen LogP contribution in [0.5, 0.6) is 0 Å². The number of benzene rings is 2. The maximum Gasteiger partial charge on any atom is 0.0281 e. The zero-order valence-corrected chi connectivity index (χ0v) is 11.9. The summed E-state index contributed by atoms with van der Waals surface area (Å²) in [5.41, 5.74) is 7.09. The Morgan fingerprint density at radius 3 is 2.53 bits per heavy atom. The van der Waals surface area contributed by atoms with E-state index in [1.165, 1.54) is 27.8 Å². The minimum atomic E-state index is 0.425. The van der Waals surface area contributed by atoms with Gasteiger partial charge in [0.05, 0.1) is 0 Å². The summed E-state index contributed by atoms with van der Waals surface area (Å²) in [6.07, 6.45) is 4.59. The molecule has 0 aliphatic heterocycles. The van der Waals surface area contributed by atoms with E-state index >= 15 is 0 Å². The molecule has 0 heteroatoms. The van der Waals surface area contributed by atoms with E-state index in [-0.39, 0.29) is 0 Å². The van der Waals surface area contributed by atoms with Crippen molar-refractivity contribution in [3.8, 4) is 0 Å². The van der Waals surface area contributed by atoms with Gasteiger partial charge in [0.15, 0.2) is 0 Å². The highest BCUT2D eigenvalue weighted by molar-refractivity contribution is 5.66. The molecule has 3 rings (SSSR count). The highest BCUT2D eigenvalue weighted by Gasteiger charge is 2.21. The van der Waals surface area contributed by atoms with Crippen LogP contribution in [0.3, 0.4) is 0 Å². The van der Waals surface area contributed by atoms with Crippen LogP contribution < -0.4 is 0 Å². The summed E-state index contributed by atoms with van der Waals surface area (Å²) >= 11 is 0. The van der Waals surface area contributed by atoms with Gasteiger partial charge in [0.1, 0.15) is 0 Å². The van der Waals surface area contributed by atoms with Gasteiger partial charge in [-0.1, -0.05) is 74.0 Å². The van der Waals surface area contributed by atoms with E-state index in [4.69, 9.17) is 0 Å². The zero-order valence-electron chi connectivity index (χ0n) is 11.9. The third-order valence-corrected chi connectivity index (χ3v) is 4.00. The molecular weight excluding hydrogens is 228 g/mol. The third-order valence-electron chi connectivity index (χ3n) is 4.00. The van der Waals surface area contributed by atoms with Crippen molar-refractivity contribution in [1.29, 1.82) is 0 Å². The smallest absolute Gasteiger partial charge is 0.0281 e. The minimum Gasteiger partial charge on any atom is -0.0720 e. The molecule has 1 unspecified atom stereocenters. The van der Waals surface area contributed by atoms with Gasteiger partial charge in [-0.3, -0.25) is 0 Å². The number of allylic oxidation sites excluding steroid dienone is 1. The van der Waals surface area contributed by atoms with Crippen LogP contribution in [0, 0.1) is 6.92 Å². The lowest BCUT2D eigenvalue weighted by Crippen LogP contribution is -2.03. The fourth-order valence-corrected chi connectivity index (χ4v) is 3.00. The standard InChI is InChI=1S/C19H20/c1-13(2)19-12-14(3)8-10-18(19)17-11-9-15-6-4-5-7-16(15)17/h4-13,17H,1-3H3. The molecule has 19 heavy (non-hydrogen) atoms. The van der Waals surface area contributed by atoms with E-state index in [1.807, 2.05) is 0 Å². The average Bonchev–Trinajstić information content (AvgIpc) is 2.82. The van der Waals surface area contributed by atoms with Gasteiger partial charge < -0.3 is 0 Å². The van der Waals surface area contributed by atoms with Crippen LogP contribution in [0.25, 0.3) is 6.08 Å². The van der Waals surface area contributed by atoms with E-state index < -0.39 is 0 Å². The first kappa shape index (κ1) is 12.2. The maximum atomic E-state index is 2.34. The molecule has 0 spiro atoms. The van der Waals surface area contributed by atoms with Gasteiger partial charge in [-0.05, 0) is 35.1 Å². The predicted molar refractivity (Wildman–Crippen MR) is 82.6 cm³/mol. The lowest BCUT2D eigenvalue weighted by Gasteiger charge is -2.19. The van der Waals surface area contributed by atoms with Crippen molar-refractivity contribution in [3.05, 3.63) is 76.4 Å². The first-order valence-electron chi connectivity index (χ1n) is 7.04. The second-order valence-corrected chi connectivity index (χ2v) is 5.75. The summed E-state index contributed by atoms with van der Waals surface area (Å²) < 4.78 is 0. The zero-order chi connectivity index (χ0) is 13.4. The second-order valence-electron chi connectivity index (χ2n) is 5.75. The molecular formula is C19H20. The summed E-state index contributed by atoms with van der Waals surface area (Å²) in [6, 6.07) is 15.6. The summed E-state index contributed by atoms with van der Waals surface area (Å²) in [5.74, 6) is 0.991. The number of hydrogen-bond donors (Lipinski definition) is 0. The average molecular weight is 248 g/mol. The molecule has 2 aromatic rings. The van der Waals surface area contributed by atoms with Gasteiger partial charge in [0, 0.05) is 5.92 Å². The van der Waals surface area contributed by atoms with Gasteiger partial charge >= 0.3 is 0 Å². The molecule has 0 amide bonds. The monoisotopic (exact) mass is 248 g/mol. The summed E-state index contributed by atoms with van der Waals surface area (Å²) in [4.78, 5) is 0. The Morgan fingerprint density at radius 2 is 1.74 bits per heavy atom. The Bertz CT molecular complexity index is 632. The number of fused-ring (bicyclic) bond motifs is 1. The van der Waals surface area contributed by atoms with E-state index in [0.29, 0.717) is 11.8 Å². The first-order valence-corrected chi connectivity index (χ1v) is 7.04. The van der Waals surface area contributed by atoms with Crippen molar-refractivity contribution in [2.24, 2.45) is 0 Å². The topological polar surface area (TPSA) is 0 Å². The van der Waals surface area contributed by atoms with Crippen LogP contribution in [-0.2, 0) is 0 Å². The van der Waals surface area contributed by atoms with E-state index in [2.05, 4.69) is 75.4 Å². The fourth-order valence-electron chi connectivity index (χ4n) is 3.00. The Hall–Kier alpha value is -1.82. The minimum absolute atomic E-state index is 0.425. The molecule has 1 aliphatic carbocycles. The summed E-state index contributed by atoms with van der Waals surface area (Å²) in [7, 11) is 0. The Kier molecular flexibility index (Phi) is 3.02. The van der Waals surface area contributed by atoms with Crippen LogP contribution in [0.2, 0.25) is 0 Å². The molecule has 1 aliphatic rings. The van der Waals surface area contributed by atoms with Crippen LogP contribution in [0.4, 0.5) is 0 Å². The third kappa shape index (κ3) is 2.12. The molecule has 0 saturated heterocycles. The van der Waals surface area contributed by atoms with Crippen LogP contribution in [-0.4, -0.2) is 0 Å². The van der Waals surface area contributed by atoms with Crippen molar-refractivity contribution >= 4 is 6.08 Å². The summed E-state index contributed by atoms with van der Waals surface area (Å²) in [5, 5.41) is 0. The Labute approximate surface area is 115 Å². The van der Waals surface area contributed by atoms with Crippen molar-refractivity contribution in [2.45, 2.75) is 32.6 Å².